The van der Waals surface area contributed by atoms with E-state index in [1.165, 1.54) is 32.4 Å². The molecule has 0 atom stereocenters. The minimum atomic E-state index is 0.0929. The van der Waals surface area contributed by atoms with Gasteiger partial charge in [0.05, 0.1) is 0 Å². The number of hydrogen-bond donors (Lipinski definition) is 2. The zero-order chi connectivity index (χ0) is 14.4. The van der Waals surface area contributed by atoms with Crippen molar-refractivity contribution in [1.29, 1.82) is 5.41 Å². The quantitative estimate of drug-likeness (QED) is 0.619. The summed E-state index contributed by atoms with van der Waals surface area (Å²) in [4.78, 5) is 2.48. The summed E-state index contributed by atoms with van der Waals surface area (Å²) in [6.07, 6.45) is 3.96. The van der Waals surface area contributed by atoms with Crippen LogP contribution in [0.1, 0.15) is 31.7 Å². The lowest BCUT2D eigenvalue weighted by atomic mass is 9.94. The van der Waals surface area contributed by atoms with E-state index in [0.29, 0.717) is 0 Å². The highest BCUT2D eigenvalue weighted by Crippen LogP contribution is 2.19. The molecule has 4 heteroatoms. The van der Waals surface area contributed by atoms with Gasteiger partial charge in [0.25, 0.3) is 0 Å². The average molecular weight is 275 g/mol. The van der Waals surface area contributed by atoms with Gasteiger partial charge < -0.3 is 10.5 Å². The van der Waals surface area contributed by atoms with E-state index in [0.717, 1.165) is 30.4 Å². The molecule has 1 heterocycles. The topological polar surface area (TPSA) is 62.3 Å². The van der Waals surface area contributed by atoms with Gasteiger partial charge in [0.1, 0.15) is 18.2 Å². The SMILES string of the molecule is CCC1CCN(CCOc2ccc(C(=N)N)cc2)CC1. The number of benzene rings is 1. The molecule has 1 aliphatic rings. The van der Waals surface area contributed by atoms with Gasteiger partial charge in [0, 0.05) is 12.1 Å². The van der Waals surface area contributed by atoms with Crippen molar-refractivity contribution in [2.24, 2.45) is 11.7 Å². The molecule has 1 fully saturated rings. The molecule has 3 N–H and O–H groups in total. The third kappa shape index (κ3) is 4.23. The molecule has 0 spiro atoms. The van der Waals surface area contributed by atoms with Gasteiger partial charge in [-0.2, -0.15) is 0 Å². The van der Waals surface area contributed by atoms with Crippen molar-refractivity contribution in [2.45, 2.75) is 26.2 Å². The Morgan fingerprint density at radius 1 is 1.30 bits per heavy atom. The molecule has 1 aromatic carbocycles. The molecule has 2 rings (SSSR count). The maximum absolute atomic E-state index is 7.34. The summed E-state index contributed by atoms with van der Waals surface area (Å²) >= 11 is 0. The van der Waals surface area contributed by atoms with Crippen molar-refractivity contribution >= 4 is 5.84 Å². The zero-order valence-corrected chi connectivity index (χ0v) is 12.3. The maximum Gasteiger partial charge on any atom is 0.122 e. The minimum Gasteiger partial charge on any atom is -0.492 e. The highest BCUT2D eigenvalue weighted by Gasteiger charge is 2.17. The predicted molar refractivity (Wildman–Crippen MR) is 82.4 cm³/mol. The number of piperidine rings is 1. The highest BCUT2D eigenvalue weighted by atomic mass is 16.5. The fourth-order valence-corrected chi connectivity index (χ4v) is 2.64. The summed E-state index contributed by atoms with van der Waals surface area (Å²) in [5, 5.41) is 7.34. The van der Waals surface area contributed by atoms with Crippen LogP contribution in [0.25, 0.3) is 0 Å². The first-order chi connectivity index (χ1) is 9.69. The van der Waals surface area contributed by atoms with Gasteiger partial charge in [-0.25, -0.2) is 0 Å². The Balaban J connectivity index is 1.69. The number of hydrogen-bond acceptors (Lipinski definition) is 3. The number of likely N-dealkylation sites (tertiary alicyclic amines) is 1. The Hall–Kier alpha value is -1.55. The molecular formula is C16H25N3O. The molecule has 1 aromatic rings. The molecule has 0 saturated carbocycles. The summed E-state index contributed by atoms with van der Waals surface area (Å²) in [5.41, 5.74) is 6.16. The Bertz CT molecular complexity index is 422. The van der Waals surface area contributed by atoms with E-state index in [-0.39, 0.29) is 5.84 Å². The predicted octanol–water partition coefficient (Wildman–Crippen LogP) is 2.47. The lowest BCUT2D eigenvalue weighted by molar-refractivity contribution is 0.153. The molecule has 110 valence electrons. The number of nitrogens with zero attached hydrogens (tertiary/aromatic N) is 1. The van der Waals surface area contributed by atoms with Crippen LogP contribution in [-0.4, -0.2) is 37.0 Å². The second kappa shape index (κ2) is 7.29. The second-order valence-electron chi connectivity index (χ2n) is 5.48. The number of rotatable bonds is 6. The van der Waals surface area contributed by atoms with Gasteiger partial charge in [-0.05, 0) is 56.1 Å². The van der Waals surface area contributed by atoms with Crippen LogP contribution in [0.2, 0.25) is 0 Å². The summed E-state index contributed by atoms with van der Waals surface area (Å²) in [5.74, 6) is 1.86. The summed E-state index contributed by atoms with van der Waals surface area (Å²) in [6, 6.07) is 7.40. The molecule has 0 unspecified atom stereocenters. The average Bonchev–Trinajstić information content (AvgIpc) is 2.48. The van der Waals surface area contributed by atoms with E-state index in [1.807, 2.05) is 24.3 Å². The molecule has 0 amide bonds. The van der Waals surface area contributed by atoms with Crippen LogP contribution in [0, 0.1) is 11.3 Å². The van der Waals surface area contributed by atoms with E-state index < -0.39 is 0 Å². The van der Waals surface area contributed by atoms with Gasteiger partial charge >= 0.3 is 0 Å². The standard InChI is InChI=1S/C16H25N3O/c1-2-13-7-9-19(10-8-13)11-12-20-15-5-3-14(4-6-15)16(17)18/h3-6,13H,2,7-12H2,1H3,(H3,17,18). The van der Waals surface area contributed by atoms with Crippen LogP contribution in [0.4, 0.5) is 0 Å². The van der Waals surface area contributed by atoms with Crippen LogP contribution < -0.4 is 10.5 Å². The van der Waals surface area contributed by atoms with E-state index >= 15 is 0 Å². The number of amidine groups is 1. The van der Waals surface area contributed by atoms with E-state index in [9.17, 15) is 0 Å². The third-order valence-electron chi connectivity index (χ3n) is 4.13. The van der Waals surface area contributed by atoms with Crippen molar-refractivity contribution in [2.75, 3.05) is 26.2 Å². The number of nitrogens with two attached hydrogens (primary N) is 1. The fraction of sp³-hybridized carbons (Fsp3) is 0.562. The first-order valence-electron chi connectivity index (χ1n) is 7.48. The lowest BCUT2D eigenvalue weighted by Crippen LogP contribution is -2.36. The maximum atomic E-state index is 7.34. The number of ether oxygens (including phenoxy) is 1. The molecule has 20 heavy (non-hydrogen) atoms. The molecule has 0 aromatic heterocycles. The molecule has 0 radical (unpaired) electrons. The van der Waals surface area contributed by atoms with Gasteiger partial charge in [-0.3, -0.25) is 10.3 Å². The van der Waals surface area contributed by atoms with Crippen LogP contribution in [0.3, 0.4) is 0 Å². The molecule has 1 aliphatic heterocycles. The van der Waals surface area contributed by atoms with Gasteiger partial charge in [-0.1, -0.05) is 13.3 Å². The van der Waals surface area contributed by atoms with E-state index in [2.05, 4.69) is 11.8 Å². The van der Waals surface area contributed by atoms with Crippen molar-refractivity contribution in [1.82, 2.24) is 4.90 Å². The molecule has 1 saturated heterocycles. The Labute approximate surface area is 121 Å². The van der Waals surface area contributed by atoms with Crippen molar-refractivity contribution in [3.8, 4) is 5.75 Å². The van der Waals surface area contributed by atoms with E-state index in [4.69, 9.17) is 15.9 Å². The van der Waals surface area contributed by atoms with Gasteiger partial charge in [-0.15, -0.1) is 0 Å². The Morgan fingerprint density at radius 3 is 2.50 bits per heavy atom. The summed E-state index contributed by atoms with van der Waals surface area (Å²) in [7, 11) is 0. The van der Waals surface area contributed by atoms with Gasteiger partial charge in [0.2, 0.25) is 0 Å². The van der Waals surface area contributed by atoms with Crippen LogP contribution in [0.15, 0.2) is 24.3 Å². The molecular weight excluding hydrogens is 250 g/mol. The first kappa shape index (κ1) is 14.9. The summed E-state index contributed by atoms with van der Waals surface area (Å²) < 4.78 is 5.74. The Morgan fingerprint density at radius 2 is 1.95 bits per heavy atom. The minimum absolute atomic E-state index is 0.0929. The molecule has 0 bridgehead atoms. The molecule has 0 aliphatic carbocycles. The normalized spacial score (nSPS) is 17.1. The number of nitrogen functional groups attached to an aromatic ring is 1. The van der Waals surface area contributed by atoms with Gasteiger partial charge in [0.15, 0.2) is 0 Å². The smallest absolute Gasteiger partial charge is 0.122 e. The first-order valence-corrected chi connectivity index (χ1v) is 7.48. The van der Waals surface area contributed by atoms with Crippen LogP contribution >= 0.6 is 0 Å². The second-order valence-corrected chi connectivity index (χ2v) is 5.48. The lowest BCUT2D eigenvalue weighted by Gasteiger charge is -2.31. The van der Waals surface area contributed by atoms with Crippen molar-refractivity contribution in [3.05, 3.63) is 29.8 Å². The fourth-order valence-electron chi connectivity index (χ4n) is 2.64. The Kier molecular flexibility index (Phi) is 5.41. The largest absolute Gasteiger partial charge is 0.492 e. The molecule has 4 nitrogen and oxygen atoms in total. The van der Waals surface area contributed by atoms with Crippen molar-refractivity contribution < 1.29 is 4.74 Å². The van der Waals surface area contributed by atoms with Crippen molar-refractivity contribution in [3.63, 3.8) is 0 Å². The number of nitrogens with one attached hydrogen (secondary N) is 1. The zero-order valence-electron chi connectivity index (χ0n) is 12.3. The van der Waals surface area contributed by atoms with Crippen LogP contribution in [0.5, 0.6) is 5.75 Å². The summed E-state index contributed by atoms with van der Waals surface area (Å²) in [6.45, 7) is 6.39. The monoisotopic (exact) mass is 275 g/mol. The highest BCUT2D eigenvalue weighted by molar-refractivity contribution is 5.94. The third-order valence-corrected chi connectivity index (χ3v) is 4.13. The van der Waals surface area contributed by atoms with Crippen LogP contribution in [-0.2, 0) is 0 Å². The van der Waals surface area contributed by atoms with E-state index in [1.54, 1.807) is 0 Å².